The Bertz CT molecular complexity index is 525. The maximum atomic E-state index is 6.11. The molecule has 0 atom stereocenters. The van der Waals surface area contributed by atoms with Crippen LogP contribution in [0.5, 0.6) is 0 Å². The average molecular weight is 274 g/mol. The van der Waals surface area contributed by atoms with Gasteiger partial charge in [-0.3, -0.25) is 0 Å². The standard InChI is InChI=1S/C17H26OSi/c1-13-11-15(3)16(12-14(13)2)9-10-17(4,5)18-19(6,7)8/h11-12H,1-8H3. The maximum Gasteiger partial charge on any atom is 0.185 e. The normalized spacial score (nSPS) is 12.0. The Hall–Kier alpha value is -1.04. The molecular weight excluding hydrogens is 248 g/mol. The third kappa shape index (κ3) is 5.22. The molecule has 104 valence electrons. The van der Waals surface area contributed by atoms with Crippen molar-refractivity contribution in [3.05, 3.63) is 34.4 Å². The van der Waals surface area contributed by atoms with E-state index in [1.165, 1.54) is 16.7 Å². The first-order valence-corrected chi connectivity index (χ1v) is 10.2. The van der Waals surface area contributed by atoms with Crippen LogP contribution >= 0.6 is 0 Å². The van der Waals surface area contributed by atoms with E-state index >= 15 is 0 Å². The van der Waals surface area contributed by atoms with E-state index in [9.17, 15) is 0 Å². The number of hydrogen-bond acceptors (Lipinski definition) is 1. The highest BCUT2D eigenvalue weighted by Gasteiger charge is 2.25. The first-order valence-electron chi connectivity index (χ1n) is 6.81. The van der Waals surface area contributed by atoms with E-state index in [2.05, 4.69) is 78.2 Å². The minimum atomic E-state index is -1.57. The van der Waals surface area contributed by atoms with Gasteiger partial charge in [0.05, 0.1) is 0 Å². The molecule has 0 saturated heterocycles. The third-order valence-corrected chi connectivity index (χ3v) is 4.02. The second kappa shape index (κ2) is 5.52. The molecule has 0 aliphatic carbocycles. The van der Waals surface area contributed by atoms with E-state index in [1.807, 2.05) is 0 Å². The maximum absolute atomic E-state index is 6.11. The largest absolute Gasteiger partial charge is 0.402 e. The fraction of sp³-hybridized carbons (Fsp3) is 0.529. The summed E-state index contributed by atoms with van der Waals surface area (Å²) in [6.45, 7) is 17.1. The molecule has 19 heavy (non-hydrogen) atoms. The SMILES string of the molecule is Cc1cc(C)c(C#CC(C)(C)O[Si](C)(C)C)cc1C. The summed E-state index contributed by atoms with van der Waals surface area (Å²) in [6, 6.07) is 4.37. The lowest BCUT2D eigenvalue weighted by Gasteiger charge is -2.28. The third-order valence-electron chi connectivity index (χ3n) is 2.90. The molecule has 1 aromatic rings. The van der Waals surface area contributed by atoms with Gasteiger partial charge in [-0.25, -0.2) is 0 Å². The molecule has 0 aromatic heterocycles. The van der Waals surface area contributed by atoms with Gasteiger partial charge in [0.1, 0.15) is 5.60 Å². The zero-order valence-corrected chi connectivity index (χ0v) is 14.6. The average Bonchev–Trinajstić information content (AvgIpc) is 2.18. The second-order valence-corrected chi connectivity index (χ2v) is 11.2. The molecule has 0 aliphatic rings. The fourth-order valence-electron chi connectivity index (χ4n) is 2.10. The topological polar surface area (TPSA) is 9.23 Å². The molecule has 0 spiro atoms. The summed E-state index contributed by atoms with van der Waals surface area (Å²) in [5.41, 5.74) is 4.57. The van der Waals surface area contributed by atoms with Crippen molar-refractivity contribution in [3.63, 3.8) is 0 Å². The number of benzene rings is 1. The smallest absolute Gasteiger partial charge is 0.185 e. The van der Waals surface area contributed by atoms with Crippen molar-refractivity contribution in [2.24, 2.45) is 0 Å². The highest BCUT2D eigenvalue weighted by atomic mass is 28.4. The van der Waals surface area contributed by atoms with Gasteiger partial charge < -0.3 is 4.43 Å². The first kappa shape index (κ1) is 16.0. The summed E-state index contributed by atoms with van der Waals surface area (Å²) in [7, 11) is -1.57. The van der Waals surface area contributed by atoms with Crippen LogP contribution in [0, 0.1) is 32.6 Å². The van der Waals surface area contributed by atoms with Gasteiger partial charge in [-0.15, -0.1) is 0 Å². The van der Waals surface area contributed by atoms with Gasteiger partial charge >= 0.3 is 0 Å². The molecule has 1 rings (SSSR count). The number of hydrogen-bond donors (Lipinski definition) is 0. The highest BCUT2D eigenvalue weighted by Crippen LogP contribution is 2.18. The van der Waals surface area contributed by atoms with E-state index in [0.29, 0.717) is 0 Å². The van der Waals surface area contributed by atoms with Crippen molar-refractivity contribution < 1.29 is 4.43 Å². The molecule has 0 saturated carbocycles. The molecule has 0 amide bonds. The Balaban J connectivity index is 3.04. The van der Waals surface area contributed by atoms with E-state index in [4.69, 9.17) is 4.43 Å². The Morgan fingerprint density at radius 3 is 2.00 bits per heavy atom. The Labute approximate surface area is 119 Å². The molecule has 0 bridgehead atoms. The predicted octanol–water partition coefficient (Wildman–Crippen LogP) is 4.59. The summed E-state index contributed by atoms with van der Waals surface area (Å²) in [4.78, 5) is 0. The van der Waals surface area contributed by atoms with Crippen LogP contribution in [0.4, 0.5) is 0 Å². The summed E-state index contributed by atoms with van der Waals surface area (Å²) in [5, 5.41) is 0. The van der Waals surface area contributed by atoms with Crippen LogP contribution < -0.4 is 0 Å². The second-order valence-electron chi connectivity index (χ2n) is 6.73. The van der Waals surface area contributed by atoms with Crippen LogP contribution in [-0.4, -0.2) is 13.9 Å². The molecule has 1 nitrogen and oxygen atoms in total. The van der Waals surface area contributed by atoms with Gasteiger partial charge in [0.25, 0.3) is 0 Å². The monoisotopic (exact) mass is 274 g/mol. The van der Waals surface area contributed by atoms with Crippen LogP contribution in [-0.2, 0) is 4.43 Å². The van der Waals surface area contributed by atoms with Crippen molar-refractivity contribution in [1.82, 2.24) is 0 Å². The lowest BCUT2D eigenvalue weighted by Crippen LogP contribution is -2.37. The van der Waals surface area contributed by atoms with Crippen molar-refractivity contribution in [3.8, 4) is 11.8 Å². The van der Waals surface area contributed by atoms with E-state index < -0.39 is 8.32 Å². The summed E-state index contributed by atoms with van der Waals surface area (Å²) < 4.78 is 6.11. The molecule has 0 N–H and O–H groups in total. The Morgan fingerprint density at radius 2 is 1.47 bits per heavy atom. The van der Waals surface area contributed by atoms with Gasteiger partial charge in [-0.1, -0.05) is 17.9 Å². The minimum Gasteiger partial charge on any atom is -0.402 e. The zero-order chi connectivity index (χ0) is 14.8. The van der Waals surface area contributed by atoms with E-state index in [-0.39, 0.29) is 5.60 Å². The van der Waals surface area contributed by atoms with Crippen molar-refractivity contribution >= 4 is 8.32 Å². The van der Waals surface area contributed by atoms with Gasteiger partial charge in [0.2, 0.25) is 0 Å². The lowest BCUT2D eigenvalue weighted by atomic mass is 10.0. The van der Waals surface area contributed by atoms with Crippen LogP contribution in [0.15, 0.2) is 12.1 Å². The summed E-state index contributed by atoms with van der Waals surface area (Å²) in [5.74, 6) is 6.57. The van der Waals surface area contributed by atoms with Crippen molar-refractivity contribution in [2.75, 3.05) is 0 Å². The van der Waals surface area contributed by atoms with Crippen LogP contribution in [0.1, 0.15) is 36.1 Å². The molecular formula is C17H26OSi. The predicted molar refractivity (Wildman–Crippen MR) is 86.0 cm³/mol. The highest BCUT2D eigenvalue weighted by molar-refractivity contribution is 6.69. The quantitative estimate of drug-likeness (QED) is 0.566. The van der Waals surface area contributed by atoms with Crippen molar-refractivity contribution in [2.45, 2.75) is 59.9 Å². The summed E-state index contributed by atoms with van der Waals surface area (Å²) >= 11 is 0. The van der Waals surface area contributed by atoms with Crippen LogP contribution in [0.25, 0.3) is 0 Å². The van der Waals surface area contributed by atoms with Gasteiger partial charge in [0.15, 0.2) is 8.32 Å². The van der Waals surface area contributed by atoms with E-state index in [1.54, 1.807) is 0 Å². The molecule has 0 aliphatic heterocycles. The van der Waals surface area contributed by atoms with Crippen molar-refractivity contribution in [1.29, 1.82) is 0 Å². The summed E-state index contributed by atoms with van der Waals surface area (Å²) in [6.07, 6.45) is 0. The number of rotatable bonds is 2. The molecule has 0 radical (unpaired) electrons. The molecule has 2 heteroatoms. The van der Waals surface area contributed by atoms with Gasteiger partial charge in [-0.2, -0.15) is 0 Å². The van der Waals surface area contributed by atoms with Crippen LogP contribution in [0.2, 0.25) is 19.6 Å². The molecule has 0 heterocycles. The van der Waals surface area contributed by atoms with Gasteiger partial charge in [-0.05, 0) is 77.0 Å². The Morgan fingerprint density at radius 1 is 0.947 bits per heavy atom. The molecule has 0 unspecified atom stereocenters. The Kier molecular flexibility index (Phi) is 4.66. The fourth-order valence-corrected chi connectivity index (χ4v) is 3.69. The molecule has 0 fully saturated rings. The lowest BCUT2D eigenvalue weighted by molar-refractivity contribution is 0.164. The molecule has 1 aromatic carbocycles. The minimum absolute atomic E-state index is 0.379. The van der Waals surface area contributed by atoms with Crippen LogP contribution in [0.3, 0.4) is 0 Å². The zero-order valence-electron chi connectivity index (χ0n) is 13.6. The number of aryl methyl sites for hydroxylation is 3. The first-order chi connectivity index (χ1) is 8.50. The van der Waals surface area contributed by atoms with Gasteiger partial charge in [0, 0.05) is 5.56 Å². The van der Waals surface area contributed by atoms with E-state index in [0.717, 1.165) is 5.56 Å².